The highest BCUT2D eigenvalue weighted by Crippen LogP contribution is 2.51. The van der Waals surface area contributed by atoms with Gasteiger partial charge in [-0.1, -0.05) is 19.9 Å². The van der Waals surface area contributed by atoms with Crippen LogP contribution in [0.2, 0.25) is 0 Å². The molecule has 0 saturated heterocycles. The second-order valence-electron chi connectivity index (χ2n) is 11.2. The molecule has 234 valence electrons. The summed E-state index contributed by atoms with van der Waals surface area (Å²) in [6.45, 7) is 12.1. The fourth-order valence-electron chi connectivity index (χ4n) is 5.88. The number of hydrogen-bond donors (Lipinski definition) is 2. The average molecular weight is 595 g/mol. The lowest BCUT2D eigenvalue weighted by atomic mass is 9.60. The van der Waals surface area contributed by atoms with E-state index < -0.39 is 78.3 Å². The molecule has 6 unspecified atom stereocenters. The molecule has 2 rings (SSSR count). The molecule has 0 radical (unpaired) electrons. The number of esters is 5. The molecule has 42 heavy (non-hydrogen) atoms. The Morgan fingerprint density at radius 1 is 0.762 bits per heavy atom. The van der Waals surface area contributed by atoms with Gasteiger partial charge in [-0.15, -0.1) is 0 Å². The Bertz CT molecular complexity index is 1190. The van der Waals surface area contributed by atoms with E-state index in [0.717, 1.165) is 13.8 Å². The molecule has 2 N–H and O–H groups in total. The maximum absolute atomic E-state index is 12.5. The van der Waals surface area contributed by atoms with Crippen molar-refractivity contribution in [3.8, 4) is 0 Å². The highest BCUT2D eigenvalue weighted by Gasteiger charge is 2.50. The molecule has 0 amide bonds. The normalized spacial score (nSPS) is 30.9. The third-order valence-electron chi connectivity index (χ3n) is 7.65. The van der Waals surface area contributed by atoms with Crippen molar-refractivity contribution < 1.29 is 57.9 Å². The average Bonchev–Trinajstić information content (AvgIpc) is 2.83. The fraction of sp³-hybridized carbons (Fsp3) is 0.633. The maximum Gasteiger partial charge on any atom is 0.307 e. The van der Waals surface area contributed by atoms with Gasteiger partial charge in [-0.2, -0.15) is 0 Å². The Morgan fingerprint density at radius 3 is 1.69 bits per heavy atom. The second-order valence-corrected chi connectivity index (χ2v) is 11.2. The van der Waals surface area contributed by atoms with Crippen LogP contribution in [0.3, 0.4) is 0 Å². The van der Waals surface area contributed by atoms with E-state index in [9.17, 15) is 34.2 Å². The maximum atomic E-state index is 12.5. The number of hydrogen-bond acceptors (Lipinski definition) is 12. The van der Waals surface area contributed by atoms with Crippen LogP contribution in [0.4, 0.5) is 0 Å². The molecule has 0 saturated carbocycles. The fourth-order valence-corrected chi connectivity index (χ4v) is 5.88. The van der Waals surface area contributed by atoms with Crippen LogP contribution in [0.25, 0.3) is 0 Å². The van der Waals surface area contributed by atoms with Crippen molar-refractivity contribution in [1.82, 2.24) is 0 Å². The van der Waals surface area contributed by atoms with E-state index in [1.54, 1.807) is 20.8 Å². The van der Waals surface area contributed by atoms with E-state index in [4.69, 9.17) is 23.7 Å². The molecule has 0 spiro atoms. The van der Waals surface area contributed by atoms with Gasteiger partial charge in [-0.25, -0.2) is 0 Å². The van der Waals surface area contributed by atoms with E-state index in [-0.39, 0.29) is 29.7 Å². The van der Waals surface area contributed by atoms with Gasteiger partial charge in [0, 0.05) is 52.5 Å². The van der Waals surface area contributed by atoms with Crippen LogP contribution in [0.1, 0.15) is 75.2 Å². The summed E-state index contributed by atoms with van der Waals surface area (Å²) in [5.74, 6) is -4.33. The highest BCUT2D eigenvalue weighted by molar-refractivity contribution is 5.70. The third kappa shape index (κ3) is 8.28. The number of carbonyl (C=O) groups is 5. The van der Waals surface area contributed by atoms with E-state index in [2.05, 4.69) is 0 Å². The third-order valence-corrected chi connectivity index (χ3v) is 7.65. The first-order valence-corrected chi connectivity index (χ1v) is 13.7. The van der Waals surface area contributed by atoms with Gasteiger partial charge in [0.2, 0.25) is 0 Å². The molecular weight excluding hydrogens is 552 g/mol. The molecule has 0 aliphatic heterocycles. The van der Waals surface area contributed by atoms with Gasteiger partial charge in [0.15, 0.2) is 11.9 Å². The van der Waals surface area contributed by atoms with Gasteiger partial charge in [0.1, 0.15) is 18.3 Å². The van der Waals surface area contributed by atoms with E-state index in [0.29, 0.717) is 11.1 Å². The van der Waals surface area contributed by atoms with Gasteiger partial charge in [-0.05, 0) is 42.4 Å². The van der Waals surface area contributed by atoms with E-state index >= 15 is 0 Å². The van der Waals surface area contributed by atoms with Crippen LogP contribution in [-0.4, -0.2) is 77.2 Å². The number of ether oxygens (including phenoxy) is 5. The van der Waals surface area contributed by atoms with Crippen molar-refractivity contribution in [2.45, 2.75) is 106 Å². The van der Waals surface area contributed by atoms with Crippen LogP contribution in [0.15, 0.2) is 34.1 Å². The van der Waals surface area contributed by atoms with Gasteiger partial charge in [0.05, 0.1) is 12.7 Å². The van der Waals surface area contributed by atoms with Crippen molar-refractivity contribution in [2.75, 3.05) is 6.61 Å². The minimum atomic E-state index is -1.36. The number of fused-ring (bicyclic) bond motifs is 2. The molecule has 2 bridgehead atoms. The summed E-state index contributed by atoms with van der Waals surface area (Å²) in [6.07, 6.45) is -4.55. The Hall–Kier alpha value is -3.51. The minimum Gasteiger partial charge on any atom is -0.458 e. The molecule has 12 nitrogen and oxygen atoms in total. The molecule has 2 aliphatic carbocycles. The lowest BCUT2D eigenvalue weighted by molar-refractivity contribution is -0.153. The van der Waals surface area contributed by atoms with E-state index in [1.807, 2.05) is 0 Å². The number of carbonyl (C=O) groups excluding carboxylic acids is 5. The zero-order chi connectivity index (χ0) is 32.1. The van der Waals surface area contributed by atoms with Crippen molar-refractivity contribution >= 4 is 29.8 Å². The van der Waals surface area contributed by atoms with Crippen LogP contribution >= 0.6 is 0 Å². The van der Waals surface area contributed by atoms with Gasteiger partial charge >= 0.3 is 29.8 Å². The summed E-state index contributed by atoms with van der Waals surface area (Å²) in [5.41, 5.74) is 0.238. The summed E-state index contributed by atoms with van der Waals surface area (Å²) < 4.78 is 28.2. The van der Waals surface area contributed by atoms with Crippen LogP contribution in [0.5, 0.6) is 0 Å². The molecular formula is C30H42O12. The van der Waals surface area contributed by atoms with Crippen molar-refractivity contribution in [3.05, 3.63) is 34.1 Å². The molecule has 6 atom stereocenters. The Balaban J connectivity index is 3.11. The Morgan fingerprint density at radius 2 is 1.24 bits per heavy atom. The van der Waals surface area contributed by atoms with Crippen molar-refractivity contribution in [2.24, 2.45) is 11.3 Å². The predicted octanol–water partition coefficient (Wildman–Crippen LogP) is 2.60. The van der Waals surface area contributed by atoms with Gasteiger partial charge in [0.25, 0.3) is 0 Å². The quantitative estimate of drug-likeness (QED) is 0.262. The van der Waals surface area contributed by atoms with Gasteiger partial charge < -0.3 is 33.9 Å². The van der Waals surface area contributed by atoms with Crippen molar-refractivity contribution in [3.63, 3.8) is 0 Å². The summed E-state index contributed by atoms with van der Waals surface area (Å²) in [6, 6.07) is 0. The van der Waals surface area contributed by atoms with Crippen molar-refractivity contribution in [1.29, 1.82) is 0 Å². The second kappa shape index (κ2) is 14.1. The first-order valence-electron chi connectivity index (χ1n) is 13.7. The van der Waals surface area contributed by atoms with Gasteiger partial charge in [-0.3, -0.25) is 24.0 Å². The van der Waals surface area contributed by atoms with E-state index in [1.165, 1.54) is 33.8 Å². The largest absolute Gasteiger partial charge is 0.458 e. The number of aliphatic hydroxyl groups is 2. The minimum absolute atomic E-state index is 0.140. The predicted molar refractivity (Wildman–Crippen MR) is 147 cm³/mol. The first-order chi connectivity index (χ1) is 19.4. The van der Waals surface area contributed by atoms with Crippen LogP contribution in [0, 0.1) is 11.3 Å². The summed E-state index contributed by atoms with van der Waals surface area (Å²) in [7, 11) is 0. The summed E-state index contributed by atoms with van der Waals surface area (Å²) in [5, 5.41) is 21.9. The summed E-state index contributed by atoms with van der Waals surface area (Å²) in [4.78, 5) is 61.4. The summed E-state index contributed by atoms with van der Waals surface area (Å²) >= 11 is 0. The van der Waals surface area contributed by atoms with Crippen LogP contribution in [-0.2, 0) is 47.7 Å². The molecule has 0 aromatic carbocycles. The molecule has 0 heterocycles. The lowest BCUT2D eigenvalue weighted by Gasteiger charge is -2.48. The molecule has 12 heteroatoms. The monoisotopic (exact) mass is 594 g/mol. The number of aliphatic hydroxyl groups excluding tert-OH is 2. The SMILES string of the molecule is CC(=O)O/C1=C(/C)C(OC(C)=O)CC(OC(C)=O)/C(CO)=C/C(O)C2CC(OC(C)=O)C(C)=C(C1OC(C)=O)C2(C)C. The Labute approximate surface area is 245 Å². The smallest absolute Gasteiger partial charge is 0.307 e. The topological polar surface area (TPSA) is 172 Å². The Kier molecular flexibility index (Phi) is 11.7. The molecule has 0 aromatic rings. The molecule has 0 fully saturated rings. The molecule has 2 aliphatic rings. The molecule has 0 aromatic heterocycles. The zero-order valence-corrected chi connectivity index (χ0v) is 25.6. The highest BCUT2D eigenvalue weighted by atomic mass is 16.6. The first kappa shape index (κ1) is 34.7. The number of rotatable bonds is 6. The zero-order valence-electron chi connectivity index (χ0n) is 25.6. The lowest BCUT2D eigenvalue weighted by Crippen LogP contribution is -2.48. The standard InChI is InChI=1S/C30H42O12/c1-14-24(38-16(3)32)11-22-23(37)10-21(13-31)26(40-18(5)34)12-25(39-17(4)33)15(2)28(41-19(6)35)29(42-20(7)36)27(14)30(22,8)9/h10,22-26,29,31,37H,11-13H2,1-9H3/b21-10+,28-15-. The van der Waals surface area contributed by atoms with Crippen LogP contribution < -0.4 is 0 Å².